The third-order valence-electron chi connectivity index (χ3n) is 9.94. The summed E-state index contributed by atoms with van der Waals surface area (Å²) < 4.78 is 58.1. The van der Waals surface area contributed by atoms with Gasteiger partial charge in [-0.25, -0.2) is 0 Å². The summed E-state index contributed by atoms with van der Waals surface area (Å²) in [6.07, 6.45) is 5.72. The maximum absolute atomic E-state index is 14.4. The van der Waals surface area contributed by atoms with Crippen LogP contribution in [0.25, 0.3) is 0 Å². The van der Waals surface area contributed by atoms with E-state index in [1.807, 2.05) is 0 Å². The molecule has 3 aliphatic heterocycles. The number of pyridine rings is 1. The lowest BCUT2D eigenvalue weighted by Crippen LogP contribution is -2.51. The Morgan fingerprint density at radius 1 is 1.21 bits per heavy atom. The number of hydrogen-bond acceptors (Lipinski definition) is 6. The number of nitrogens with one attached hydrogen (secondary N) is 1. The molecule has 1 amide bonds. The summed E-state index contributed by atoms with van der Waals surface area (Å²) in [7, 11) is 1.70. The molecule has 6 atom stereocenters. The molecule has 2 saturated carbocycles. The number of ether oxygens (including phenoxy) is 3. The van der Waals surface area contributed by atoms with Gasteiger partial charge in [-0.15, -0.1) is 0 Å². The molecule has 216 valence electrons. The van der Waals surface area contributed by atoms with Crippen LogP contribution in [0.5, 0.6) is 0 Å². The van der Waals surface area contributed by atoms with Gasteiger partial charge in [0, 0.05) is 57.2 Å². The van der Waals surface area contributed by atoms with Crippen molar-refractivity contribution in [1.82, 2.24) is 15.2 Å². The molecule has 10 heteroatoms. The Hall–Kier alpha value is -1.75. The normalized spacial score (nSPS) is 35.6. The van der Waals surface area contributed by atoms with E-state index in [2.05, 4.69) is 10.3 Å². The summed E-state index contributed by atoms with van der Waals surface area (Å²) in [5.41, 5.74) is -0.264. The summed E-state index contributed by atoms with van der Waals surface area (Å²) in [6.45, 7) is 1.86. The number of carbonyl (C=O) groups excluding carboxylic acids is 1. The second-order valence-corrected chi connectivity index (χ2v) is 12.3. The molecule has 2 aliphatic carbocycles. The first-order valence-electron chi connectivity index (χ1n) is 14.6. The van der Waals surface area contributed by atoms with Crippen molar-refractivity contribution in [3.05, 3.63) is 29.1 Å². The van der Waals surface area contributed by atoms with Gasteiger partial charge < -0.3 is 24.4 Å². The minimum atomic E-state index is -4.46. The number of methoxy groups -OCH3 is 1. The van der Waals surface area contributed by atoms with E-state index in [0.717, 1.165) is 31.9 Å². The number of rotatable bonds is 5. The van der Waals surface area contributed by atoms with E-state index in [-0.39, 0.29) is 42.8 Å². The second-order valence-electron chi connectivity index (χ2n) is 12.3. The maximum atomic E-state index is 14.4. The highest BCUT2D eigenvalue weighted by atomic mass is 19.4. The Kier molecular flexibility index (Phi) is 7.67. The molecule has 1 N–H and O–H groups in total. The molecular weight excluding hydrogens is 511 g/mol. The highest BCUT2D eigenvalue weighted by Crippen LogP contribution is 2.54. The molecule has 0 radical (unpaired) electrons. The molecule has 7 nitrogen and oxygen atoms in total. The van der Waals surface area contributed by atoms with Crippen LogP contribution in [0.15, 0.2) is 12.3 Å². The van der Waals surface area contributed by atoms with Gasteiger partial charge in [0.2, 0.25) is 5.91 Å². The van der Waals surface area contributed by atoms with Crippen LogP contribution >= 0.6 is 0 Å². The molecule has 2 saturated heterocycles. The zero-order valence-corrected chi connectivity index (χ0v) is 22.7. The molecule has 4 fully saturated rings. The lowest BCUT2D eigenvalue weighted by Gasteiger charge is -2.37. The Bertz CT molecular complexity index is 1050. The smallest absolute Gasteiger partial charge is 0.379 e. The molecule has 1 aromatic heterocycles. The topological polar surface area (TPSA) is 72.9 Å². The largest absolute Gasteiger partial charge is 0.417 e. The van der Waals surface area contributed by atoms with Gasteiger partial charge in [0.15, 0.2) is 0 Å². The van der Waals surface area contributed by atoms with E-state index in [0.29, 0.717) is 56.2 Å². The van der Waals surface area contributed by atoms with E-state index >= 15 is 0 Å². The molecule has 0 spiro atoms. The SMILES string of the molecule is COC1COCCC1NC1CC2OC(C3CCCCC3)CC2(C(=O)N2CCc3ncc(C(F)(F)F)cc3C2)C1. The molecule has 39 heavy (non-hydrogen) atoms. The van der Waals surface area contributed by atoms with Gasteiger partial charge in [-0.2, -0.15) is 13.2 Å². The van der Waals surface area contributed by atoms with Crippen LogP contribution in [0, 0.1) is 11.3 Å². The van der Waals surface area contributed by atoms with Gasteiger partial charge in [0.25, 0.3) is 0 Å². The van der Waals surface area contributed by atoms with Gasteiger partial charge in [0.1, 0.15) is 0 Å². The number of fused-ring (bicyclic) bond motifs is 2. The number of amides is 1. The van der Waals surface area contributed by atoms with Crippen molar-refractivity contribution >= 4 is 5.91 Å². The third kappa shape index (κ3) is 5.34. The number of halogens is 3. The zero-order chi connectivity index (χ0) is 27.2. The van der Waals surface area contributed by atoms with Gasteiger partial charge >= 0.3 is 6.18 Å². The average Bonchev–Trinajstić information content (AvgIpc) is 3.47. The van der Waals surface area contributed by atoms with E-state index in [1.165, 1.54) is 25.3 Å². The van der Waals surface area contributed by atoms with Crippen molar-refractivity contribution in [2.24, 2.45) is 11.3 Å². The molecule has 1 aromatic rings. The standard InChI is InChI=1S/C29H40F3N3O4/c1-37-25-17-38-10-8-23(25)34-21-12-26-28(13-21,14-24(39-26)18-5-3-2-4-6-18)27(36)35-9-7-22-19(16-35)11-20(15-33-22)29(30,31)32/h11,15,18,21,23-26,34H,2-10,12-14,16-17H2,1H3. The number of carbonyl (C=O) groups is 1. The summed E-state index contributed by atoms with van der Waals surface area (Å²) in [4.78, 5) is 20.3. The fraction of sp³-hybridized carbons (Fsp3) is 0.793. The Morgan fingerprint density at radius 2 is 2.03 bits per heavy atom. The van der Waals surface area contributed by atoms with Crippen molar-refractivity contribution in [1.29, 1.82) is 0 Å². The number of alkyl halides is 3. The van der Waals surface area contributed by atoms with E-state index < -0.39 is 17.2 Å². The van der Waals surface area contributed by atoms with Gasteiger partial charge in [-0.1, -0.05) is 19.3 Å². The monoisotopic (exact) mass is 551 g/mol. The first-order chi connectivity index (χ1) is 18.8. The van der Waals surface area contributed by atoms with Crippen LogP contribution in [0.3, 0.4) is 0 Å². The molecule has 0 bridgehead atoms. The third-order valence-corrected chi connectivity index (χ3v) is 9.94. The lowest BCUT2D eigenvalue weighted by atomic mass is 9.75. The Labute approximate surface area is 228 Å². The van der Waals surface area contributed by atoms with Gasteiger partial charge in [-0.05, 0) is 56.1 Å². The second kappa shape index (κ2) is 10.9. The first-order valence-corrected chi connectivity index (χ1v) is 14.6. The van der Waals surface area contributed by atoms with Crippen LogP contribution < -0.4 is 5.32 Å². The summed E-state index contributed by atoms with van der Waals surface area (Å²) in [6, 6.07) is 1.44. The summed E-state index contributed by atoms with van der Waals surface area (Å²) >= 11 is 0. The van der Waals surface area contributed by atoms with E-state index in [4.69, 9.17) is 14.2 Å². The first kappa shape index (κ1) is 27.4. The lowest BCUT2D eigenvalue weighted by molar-refractivity contribution is -0.145. The molecule has 4 heterocycles. The summed E-state index contributed by atoms with van der Waals surface area (Å²) in [5.74, 6) is 0.517. The van der Waals surface area contributed by atoms with E-state index in [1.54, 1.807) is 12.0 Å². The molecular formula is C29H40F3N3O4. The van der Waals surface area contributed by atoms with Crippen LogP contribution in [0.2, 0.25) is 0 Å². The predicted molar refractivity (Wildman–Crippen MR) is 137 cm³/mol. The van der Waals surface area contributed by atoms with Crippen molar-refractivity contribution in [2.75, 3.05) is 26.9 Å². The minimum Gasteiger partial charge on any atom is -0.379 e. The van der Waals surface area contributed by atoms with Crippen LogP contribution in [-0.4, -0.2) is 73.1 Å². The van der Waals surface area contributed by atoms with Crippen molar-refractivity contribution < 1.29 is 32.2 Å². The summed E-state index contributed by atoms with van der Waals surface area (Å²) in [5, 5.41) is 3.77. The molecule has 5 aliphatic rings. The number of aromatic nitrogens is 1. The minimum absolute atomic E-state index is 0.0318. The predicted octanol–water partition coefficient (Wildman–Crippen LogP) is 4.27. The zero-order valence-electron chi connectivity index (χ0n) is 22.7. The average molecular weight is 552 g/mol. The van der Waals surface area contributed by atoms with Crippen LogP contribution in [0.4, 0.5) is 13.2 Å². The van der Waals surface area contributed by atoms with Crippen LogP contribution in [0.1, 0.15) is 74.6 Å². The van der Waals surface area contributed by atoms with Gasteiger partial charge in [-0.3, -0.25) is 9.78 Å². The fourth-order valence-electron chi connectivity index (χ4n) is 7.89. The van der Waals surface area contributed by atoms with Gasteiger partial charge in [0.05, 0.1) is 35.9 Å². The Morgan fingerprint density at radius 3 is 2.79 bits per heavy atom. The van der Waals surface area contributed by atoms with Crippen molar-refractivity contribution in [3.63, 3.8) is 0 Å². The Balaban J connectivity index is 1.23. The quantitative estimate of drug-likeness (QED) is 0.590. The van der Waals surface area contributed by atoms with Crippen molar-refractivity contribution in [2.45, 2.75) is 107 Å². The number of nitrogens with zero attached hydrogens (tertiary/aromatic N) is 2. The van der Waals surface area contributed by atoms with Crippen LogP contribution in [-0.2, 0) is 38.1 Å². The highest BCUT2D eigenvalue weighted by Gasteiger charge is 2.61. The van der Waals surface area contributed by atoms with E-state index in [9.17, 15) is 18.0 Å². The van der Waals surface area contributed by atoms with Crippen molar-refractivity contribution in [3.8, 4) is 0 Å². The molecule has 0 aromatic carbocycles. The molecule has 6 unspecified atom stereocenters. The maximum Gasteiger partial charge on any atom is 0.417 e. The fourth-order valence-corrected chi connectivity index (χ4v) is 7.89. The number of hydrogen-bond donors (Lipinski definition) is 1. The highest BCUT2D eigenvalue weighted by molar-refractivity contribution is 5.84. The molecule has 6 rings (SSSR count).